The number of carboxylic acids is 1. The van der Waals surface area contributed by atoms with Crippen LogP contribution in [0.4, 0.5) is 14.4 Å². The molecule has 2 fully saturated rings. The van der Waals surface area contributed by atoms with Crippen molar-refractivity contribution in [2.24, 2.45) is 0 Å². The van der Waals surface area contributed by atoms with E-state index in [-0.39, 0.29) is 71.8 Å². The summed E-state index contributed by atoms with van der Waals surface area (Å²) in [6.07, 6.45) is -4.71. The van der Waals surface area contributed by atoms with Gasteiger partial charge < -0.3 is 49.3 Å². The fraction of sp³-hybridized carbons (Fsp3) is 0.692. The molecule has 0 aromatic heterocycles. The maximum atomic E-state index is 10.0. The second-order valence-corrected chi connectivity index (χ2v) is 4.02. The van der Waals surface area contributed by atoms with Gasteiger partial charge in [0.05, 0.1) is 0 Å². The van der Waals surface area contributed by atoms with Crippen LogP contribution in [0.25, 0.3) is 0 Å². The Morgan fingerprint density at radius 2 is 1.43 bits per heavy atom. The summed E-state index contributed by atoms with van der Waals surface area (Å²) in [5, 5.41) is 40.0. The molecule has 15 heteroatoms. The molecule has 2 aliphatic rings. The van der Waals surface area contributed by atoms with Gasteiger partial charge in [0.15, 0.2) is 0 Å². The van der Waals surface area contributed by atoms with E-state index in [1.807, 2.05) is 0 Å². The molecule has 0 bridgehead atoms. The molecule has 2 saturated heterocycles. The summed E-state index contributed by atoms with van der Waals surface area (Å²) in [6, 6.07) is 0. The van der Waals surface area contributed by atoms with Crippen molar-refractivity contribution in [2.45, 2.75) is 33.0 Å². The molecular formula is C13H22Na2O13. The van der Waals surface area contributed by atoms with Crippen molar-refractivity contribution in [3.8, 4) is 0 Å². The molecule has 2 unspecified atom stereocenters. The summed E-state index contributed by atoms with van der Waals surface area (Å²) in [4.78, 5) is 37.6. The van der Waals surface area contributed by atoms with E-state index in [1.54, 1.807) is 13.8 Å². The van der Waals surface area contributed by atoms with Gasteiger partial charge in [-0.25, -0.2) is 14.4 Å². The Labute approximate surface area is 205 Å². The minimum Gasteiger partial charge on any atom is -0.652 e. The average molecular weight is 432 g/mol. The van der Waals surface area contributed by atoms with Gasteiger partial charge in [0, 0.05) is 6.61 Å². The molecule has 0 aromatic rings. The van der Waals surface area contributed by atoms with E-state index in [2.05, 4.69) is 18.9 Å². The number of aliphatic hydroxyl groups excluding tert-OH is 2. The van der Waals surface area contributed by atoms with Crippen molar-refractivity contribution in [2.75, 3.05) is 26.4 Å². The molecule has 2 rings (SSSR count). The van der Waals surface area contributed by atoms with Crippen LogP contribution in [0.1, 0.15) is 20.8 Å². The molecule has 13 nitrogen and oxygen atoms in total. The molecule has 0 radical (unpaired) electrons. The summed E-state index contributed by atoms with van der Waals surface area (Å²) in [5.74, 6) is -1.19. The van der Waals surface area contributed by atoms with Crippen molar-refractivity contribution in [1.29, 1.82) is 0 Å². The fourth-order valence-electron chi connectivity index (χ4n) is 0.709. The van der Waals surface area contributed by atoms with Crippen molar-refractivity contribution in [3.63, 3.8) is 0 Å². The number of cyclic esters (lactones) is 4. The zero-order chi connectivity index (χ0) is 21.1. The van der Waals surface area contributed by atoms with Gasteiger partial charge in [-0.15, -0.1) is 0 Å². The summed E-state index contributed by atoms with van der Waals surface area (Å²) >= 11 is 0. The zero-order valence-corrected chi connectivity index (χ0v) is 20.4. The summed E-state index contributed by atoms with van der Waals surface area (Å²) in [7, 11) is 0. The first-order chi connectivity index (χ1) is 12.0. The van der Waals surface area contributed by atoms with Crippen LogP contribution in [0.3, 0.4) is 0 Å². The van der Waals surface area contributed by atoms with Crippen LogP contribution < -0.4 is 69.3 Å². The quantitative estimate of drug-likeness (QED) is 0.260. The van der Waals surface area contributed by atoms with Crippen LogP contribution in [0, 0.1) is 0 Å². The number of hydrogen-bond donors (Lipinski definition) is 3. The first kappa shape index (κ1) is 37.9. The van der Waals surface area contributed by atoms with Crippen LogP contribution in [0.5, 0.6) is 0 Å². The Balaban J connectivity index is -0.0000000796. The topological polar surface area (TPSA) is 212 Å². The maximum absolute atomic E-state index is 10.0. The molecule has 0 spiro atoms. The number of aliphatic carboxylic acids is 1. The fourth-order valence-corrected chi connectivity index (χ4v) is 0.709. The minimum absolute atomic E-state index is 0. The number of carbonyl (C=O) groups excluding carboxylic acids is 3. The number of carbonyl (C=O) groups is 4. The summed E-state index contributed by atoms with van der Waals surface area (Å²) < 4.78 is 17.5. The average Bonchev–Trinajstić information content (AvgIpc) is 3.11. The number of carboxylic acid groups (broad SMARTS) is 3. The first-order valence-corrected chi connectivity index (χ1v) is 7.00. The third-order valence-electron chi connectivity index (χ3n) is 1.61. The predicted octanol–water partition coefficient (Wildman–Crippen LogP) is -8.29. The van der Waals surface area contributed by atoms with E-state index in [9.17, 15) is 14.4 Å². The van der Waals surface area contributed by atoms with E-state index in [0.717, 1.165) is 0 Å². The Kier molecular flexibility index (Phi) is 35.4. The Morgan fingerprint density at radius 3 is 1.50 bits per heavy atom. The van der Waals surface area contributed by atoms with Gasteiger partial charge in [-0.1, -0.05) is 0 Å². The van der Waals surface area contributed by atoms with Gasteiger partial charge in [-0.05, 0) is 26.9 Å². The van der Waals surface area contributed by atoms with E-state index >= 15 is 0 Å². The molecular weight excluding hydrogens is 410 g/mol. The van der Waals surface area contributed by atoms with Crippen molar-refractivity contribution in [1.82, 2.24) is 0 Å². The standard InChI is InChI=1S/C4H6O3.C3H4O3.C3H6O3.C2H6O.CH2O3.2Na/c1-3-2-6-4(5)7-3;4-3-5-1-2-6-3;1-2(4)3(5)6;1-2-3;2-1(3)4;;/h3H,2H2,1H3;1-2H2;2,4H,1H3,(H,5,6);3H,2H2,1H3;(H2,2,3,4);;/q;;;;;2*+1/p-2. The number of ether oxygens (including phenoxy) is 4. The molecule has 0 amide bonds. The van der Waals surface area contributed by atoms with Gasteiger partial charge >= 0.3 is 77.4 Å². The van der Waals surface area contributed by atoms with Crippen molar-refractivity contribution in [3.05, 3.63) is 0 Å². The van der Waals surface area contributed by atoms with E-state index in [4.69, 9.17) is 30.3 Å². The molecule has 0 aliphatic carbocycles. The largest absolute Gasteiger partial charge is 1.00 e. The molecule has 154 valence electrons. The SMILES string of the molecule is CC(O)C(=O)O.CC1COC(=O)O1.CCO.O=C([O-])[O-].O=C1OCCO1.[Na+].[Na+]. The smallest absolute Gasteiger partial charge is 0.652 e. The third-order valence-corrected chi connectivity index (χ3v) is 1.61. The summed E-state index contributed by atoms with van der Waals surface area (Å²) in [6.45, 7) is 6.14. The number of rotatable bonds is 1. The predicted molar refractivity (Wildman–Crippen MR) is 76.7 cm³/mol. The Hall–Kier alpha value is -0.800. The summed E-state index contributed by atoms with van der Waals surface area (Å²) in [5.41, 5.74) is 0. The molecule has 0 saturated carbocycles. The number of hydrogen-bond acceptors (Lipinski definition) is 12. The molecule has 0 aromatic carbocycles. The van der Waals surface area contributed by atoms with Crippen LogP contribution in [0.15, 0.2) is 0 Å². The number of aliphatic hydroxyl groups is 2. The van der Waals surface area contributed by atoms with Crippen molar-refractivity contribution < 1.29 is 123 Å². The monoisotopic (exact) mass is 432 g/mol. The third kappa shape index (κ3) is 40.0. The molecule has 2 atom stereocenters. The maximum Gasteiger partial charge on any atom is 1.00 e. The van der Waals surface area contributed by atoms with Crippen LogP contribution in [-0.2, 0) is 23.7 Å². The van der Waals surface area contributed by atoms with E-state index in [1.165, 1.54) is 6.92 Å². The van der Waals surface area contributed by atoms with E-state index < -0.39 is 30.5 Å². The second-order valence-electron chi connectivity index (χ2n) is 4.02. The van der Waals surface area contributed by atoms with Gasteiger partial charge in [0.1, 0.15) is 32.0 Å². The zero-order valence-electron chi connectivity index (χ0n) is 16.4. The molecule has 28 heavy (non-hydrogen) atoms. The van der Waals surface area contributed by atoms with Gasteiger partial charge in [0.25, 0.3) is 0 Å². The minimum atomic E-state index is -2.33. The van der Waals surface area contributed by atoms with Gasteiger partial charge in [-0.2, -0.15) is 0 Å². The van der Waals surface area contributed by atoms with Gasteiger partial charge in [-0.3, -0.25) is 0 Å². The normalized spacial score (nSPS) is 16.0. The van der Waals surface area contributed by atoms with Crippen LogP contribution >= 0.6 is 0 Å². The van der Waals surface area contributed by atoms with E-state index in [0.29, 0.717) is 19.8 Å². The Morgan fingerprint density at radius 1 is 1.11 bits per heavy atom. The van der Waals surface area contributed by atoms with Crippen LogP contribution in [-0.4, -0.2) is 78.4 Å². The molecule has 3 N–H and O–H groups in total. The first-order valence-electron chi connectivity index (χ1n) is 7.00. The van der Waals surface area contributed by atoms with Crippen molar-refractivity contribution >= 4 is 24.4 Å². The van der Waals surface area contributed by atoms with Crippen LogP contribution in [0.2, 0.25) is 0 Å². The molecule has 2 heterocycles. The van der Waals surface area contributed by atoms with Gasteiger partial charge in [0.2, 0.25) is 0 Å². The second kappa shape index (κ2) is 26.2. The molecule has 2 aliphatic heterocycles. The Bertz CT molecular complexity index is 403.